The molecule has 0 bridgehead atoms. The molecule has 2 aromatic rings. The Balaban J connectivity index is 1.84. The SMILES string of the molecule is Cc1cccc(C)c1OCC(=O)NN=Cc1ccc(Br)cc1. The van der Waals surface area contributed by atoms with Gasteiger partial charge < -0.3 is 4.74 Å². The van der Waals surface area contributed by atoms with Gasteiger partial charge in [-0.2, -0.15) is 5.10 Å². The lowest BCUT2D eigenvalue weighted by Gasteiger charge is -2.10. The van der Waals surface area contributed by atoms with Crippen LogP contribution in [0.15, 0.2) is 52.0 Å². The van der Waals surface area contributed by atoms with Gasteiger partial charge >= 0.3 is 0 Å². The molecule has 0 unspecified atom stereocenters. The van der Waals surface area contributed by atoms with Crippen LogP contribution in [-0.2, 0) is 4.79 Å². The molecule has 1 amide bonds. The maximum Gasteiger partial charge on any atom is 0.277 e. The smallest absolute Gasteiger partial charge is 0.277 e. The van der Waals surface area contributed by atoms with Crippen molar-refractivity contribution in [2.24, 2.45) is 5.10 Å². The molecule has 0 aliphatic heterocycles. The van der Waals surface area contributed by atoms with E-state index in [0.29, 0.717) is 0 Å². The molecule has 0 aromatic heterocycles. The van der Waals surface area contributed by atoms with Crippen molar-refractivity contribution in [1.29, 1.82) is 0 Å². The Morgan fingerprint density at radius 2 is 1.82 bits per heavy atom. The van der Waals surface area contributed by atoms with Crippen LogP contribution in [0.25, 0.3) is 0 Å². The summed E-state index contributed by atoms with van der Waals surface area (Å²) in [5.41, 5.74) is 5.36. The van der Waals surface area contributed by atoms with E-state index < -0.39 is 0 Å². The minimum absolute atomic E-state index is 0.0661. The first-order valence-electron chi connectivity index (χ1n) is 6.83. The van der Waals surface area contributed by atoms with Gasteiger partial charge in [-0.05, 0) is 42.7 Å². The average molecular weight is 361 g/mol. The summed E-state index contributed by atoms with van der Waals surface area (Å²) in [6.07, 6.45) is 1.59. The molecule has 22 heavy (non-hydrogen) atoms. The zero-order valence-electron chi connectivity index (χ0n) is 12.5. The first-order valence-corrected chi connectivity index (χ1v) is 7.62. The van der Waals surface area contributed by atoms with Gasteiger partial charge in [-0.1, -0.05) is 46.3 Å². The van der Waals surface area contributed by atoms with Crippen LogP contribution in [-0.4, -0.2) is 18.7 Å². The fourth-order valence-corrected chi connectivity index (χ4v) is 2.19. The minimum Gasteiger partial charge on any atom is -0.483 e. The van der Waals surface area contributed by atoms with Gasteiger partial charge in [0.2, 0.25) is 0 Å². The van der Waals surface area contributed by atoms with Gasteiger partial charge in [0.05, 0.1) is 6.21 Å². The van der Waals surface area contributed by atoms with Crippen molar-refractivity contribution in [3.63, 3.8) is 0 Å². The molecule has 0 fully saturated rings. The highest BCUT2D eigenvalue weighted by Gasteiger charge is 2.06. The third-order valence-electron chi connectivity index (χ3n) is 3.03. The van der Waals surface area contributed by atoms with E-state index in [4.69, 9.17) is 4.74 Å². The fraction of sp³-hybridized carbons (Fsp3) is 0.176. The molecule has 1 N–H and O–H groups in total. The maximum absolute atomic E-state index is 11.7. The molecule has 114 valence electrons. The first kappa shape index (κ1) is 16.2. The predicted octanol–water partition coefficient (Wildman–Crippen LogP) is 3.60. The number of benzene rings is 2. The number of hydrazone groups is 1. The normalized spacial score (nSPS) is 10.7. The lowest BCUT2D eigenvalue weighted by atomic mass is 10.1. The molecule has 0 aliphatic rings. The number of ether oxygens (including phenoxy) is 1. The summed E-state index contributed by atoms with van der Waals surface area (Å²) < 4.78 is 6.55. The van der Waals surface area contributed by atoms with E-state index in [1.807, 2.05) is 56.3 Å². The number of hydrogen-bond acceptors (Lipinski definition) is 3. The van der Waals surface area contributed by atoms with Crippen LogP contribution in [0, 0.1) is 13.8 Å². The van der Waals surface area contributed by atoms with Crippen molar-refractivity contribution < 1.29 is 9.53 Å². The van der Waals surface area contributed by atoms with E-state index in [1.54, 1.807) is 6.21 Å². The molecule has 2 aromatic carbocycles. The van der Waals surface area contributed by atoms with E-state index in [9.17, 15) is 4.79 Å². The highest BCUT2D eigenvalue weighted by atomic mass is 79.9. The van der Waals surface area contributed by atoms with Crippen molar-refractivity contribution in [2.45, 2.75) is 13.8 Å². The highest BCUT2D eigenvalue weighted by molar-refractivity contribution is 9.10. The van der Waals surface area contributed by atoms with Crippen molar-refractivity contribution in [3.05, 3.63) is 63.6 Å². The number of amides is 1. The first-order chi connectivity index (χ1) is 10.6. The standard InChI is InChI=1S/C17H17BrN2O2/c1-12-4-3-5-13(2)17(12)22-11-16(21)20-19-10-14-6-8-15(18)9-7-14/h3-10H,11H2,1-2H3,(H,20,21). The minimum atomic E-state index is -0.295. The van der Waals surface area contributed by atoms with Gasteiger partial charge in [0, 0.05) is 4.47 Å². The van der Waals surface area contributed by atoms with Crippen LogP contribution in [0.3, 0.4) is 0 Å². The van der Waals surface area contributed by atoms with Gasteiger partial charge in [0.25, 0.3) is 5.91 Å². The molecule has 0 aliphatic carbocycles. The van der Waals surface area contributed by atoms with Crippen LogP contribution in [0.4, 0.5) is 0 Å². The van der Waals surface area contributed by atoms with Crippen molar-refractivity contribution in [2.75, 3.05) is 6.61 Å². The zero-order valence-corrected chi connectivity index (χ0v) is 14.1. The third-order valence-corrected chi connectivity index (χ3v) is 3.56. The lowest BCUT2D eigenvalue weighted by Crippen LogP contribution is -2.25. The number of rotatable bonds is 5. The maximum atomic E-state index is 11.7. The predicted molar refractivity (Wildman–Crippen MR) is 91.3 cm³/mol. The summed E-state index contributed by atoms with van der Waals surface area (Å²) in [5.74, 6) is 0.450. The third kappa shape index (κ3) is 4.70. The Kier molecular flexibility index (Phi) is 5.72. The average Bonchev–Trinajstić information content (AvgIpc) is 2.49. The topological polar surface area (TPSA) is 50.7 Å². The van der Waals surface area contributed by atoms with Gasteiger partial charge in [-0.25, -0.2) is 5.43 Å². The lowest BCUT2D eigenvalue weighted by molar-refractivity contribution is -0.123. The quantitative estimate of drug-likeness (QED) is 0.654. The molecule has 0 saturated carbocycles. The molecule has 0 heterocycles. The van der Waals surface area contributed by atoms with Crippen LogP contribution in [0.2, 0.25) is 0 Å². The molecular formula is C17H17BrN2O2. The Morgan fingerprint density at radius 1 is 1.18 bits per heavy atom. The number of carbonyl (C=O) groups is 1. The second-order valence-corrected chi connectivity index (χ2v) is 5.77. The van der Waals surface area contributed by atoms with Gasteiger partial charge in [0.15, 0.2) is 6.61 Å². The number of halogens is 1. The molecular weight excluding hydrogens is 344 g/mol. The summed E-state index contributed by atoms with van der Waals surface area (Å²) in [6.45, 7) is 3.83. The van der Waals surface area contributed by atoms with E-state index >= 15 is 0 Å². The molecule has 4 nitrogen and oxygen atoms in total. The van der Waals surface area contributed by atoms with Crippen LogP contribution >= 0.6 is 15.9 Å². The molecule has 5 heteroatoms. The van der Waals surface area contributed by atoms with E-state index in [2.05, 4.69) is 26.5 Å². The summed E-state index contributed by atoms with van der Waals surface area (Å²) in [4.78, 5) is 11.7. The van der Waals surface area contributed by atoms with Crippen LogP contribution in [0.1, 0.15) is 16.7 Å². The van der Waals surface area contributed by atoms with E-state index in [-0.39, 0.29) is 12.5 Å². The number of hydrogen-bond donors (Lipinski definition) is 1. The monoisotopic (exact) mass is 360 g/mol. The van der Waals surface area contributed by atoms with Crippen LogP contribution in [0.5, 0.6) is 5.75 Å². The number of carbonyl (C=O) groups excluding carboxylic acids is 1. The second kappa shape index (κ2) is 7.75. The van der Waals surface area contributed by atoms with Crippen molar-refractivity contribution in [1.82, 2.24) is 5.43 Å². The number of para-hydroxylation sites is 1. The molecule has 0 radical (unpaired) electrons. The van der Waals surface area contributed by atoms with Gasteiger partial charge in [-0.3, -0.25) is 4.79 Å². The Morgan fingerprint density at radius 3 is 2.45 bits per heavy atom. The Bertz CT molecular complexity index is 661. The van der Waals surface area contributed by atoms with E-state index in [0.717, 1.165) is 26.9 Å². The van der Waals surface area contributed by atoms with Gasteiger partial charge in [-0.15, -0.1) is 0 Å². The molecule has 0 spiro atoms. The number of nitrogens with one attached hydrogen (secondary N) is 1. The fourth-order valence-electron chi connectivity index (χ4n) is 1.92. The molecule has 0 saturated heterocycles. The number of aryl methyl sites for hydroxylation is 2. The summed E-state index contributed by atoms with van der Waals surface area (Å²) >= 11 is 3.36. The summed E-state index contributed by atoms with van der Waals surface area (Å²) in [7, 11) is 0. The second-order valence-electron chi connectivity index (χ2n) is 4.85. The zero-order chi connectivity index (χ0) is 15.9. The van der Waals surface area contributed by atoms with E-state index in [1.165, 1.54) is 0 Å². The molecule has 0 atom stereocenters. The largest absolute Gasteiger partial charge is 0.483 e. The van der Waals surface area contributed by atoms with Crippen LogP contribution < -0.4 is 10.2 Å². The van der Waals surface area contributed by atoms with Crippen molar-refractivity contribution in [3.8, 4) is 5.75 Å². The highest BCUT2D eigenvalue weighted by Crippen LogP contribution is 2.21. The molecule has 2 rings (SSSR count). The summed E-state index contributed by atoms with van der Waals surface area (Å²) in [5, 5.41) is 3.91. The number of nitrogens with zero attached hydrogens (tertiary/aromatic N) is 1. The van der Waals surface area contributed by atoms with Gasteiger partial charge in [0.1, 0.15) is 5.75 Å². The Labute approximate surface area is 138 Å². The van der Waals surface area contributed by atoms with Crippen molar-refractivity contribution >= 4 is 28.1 Å². The summed E-state index contributed by atoms with van der Waals surface area (Å²) in [6, 6.07) is 13.5. The Hall–Kier alpha value is -2.14.